The van der Waals surface area contributed by atoms with E-state index in [4.69, 9.17) is 10.00 Å². The van der Waals surface area contributed by atoms with Gasteiger partial charge in [-0.15, -0.1) is 5.10 Å². The van der Waals surface area contributed by atoms with Gasteiger partial charge in [0.1, 0.15) is 17.7 Å². The van der Waals surface area contributed by atoms with Crippen molar-refractivity contribution in [1.29, 1.82) is 5.26 Å². The molecule has 90 valence electrons. The summed E-state index contributed by atoms with van der Waals surface area (Å²) >= 11 is 0. The molecule has 17 heavy (non-hydrogen) atoms. The number of nitrogens with one attached hydrogen (secondary N) is 1. The second-order valence-electron chi connectivity index (χ2n) is 4.29. The van der Waals surface area contributed by atoms with E-state index in [1.165, 1.54) is 0 Å². The summed E-state index contributed by atoms with van der Waals surface area (Å²) in [5, 5.41) is 20.4. The second-order valence-corrected chi connectivity index (χ2v) is 4.29. The average molecular weight is 232 g/mol. The smallest absolute Gasteiger partial charge is 0.252 e. The van der Waals surface area contributed by atoms with E-state index >= 15 is 0 Å². The van der Waals surface area contributed by atoms with Crippen LogP contribution in [-0.2, 0) is 0 Å². The lowest BCUT2D eigenvalue weighted by Crippen LogP contribution is -2.37. The van der Waals surface area contributed by atoms with E-state index in [0.717, 1.165) is 37.2 Å². The molecule has 0 amide bonds. The third kappa shape index (κ3) is 2.53. The molecule has 1 atom stereocenters. The summed E-state index contributed by atoms with van der Waals surface area (Å²) < 4.78 is 5.75. The van der Waals surface area contributed by atoms with Gasteiger partial charge in [-0.25, -0.2) is 0 Å². The molecule has 1 unspecified atom stereocenters. The predicted octanol–water partition coefficient (Wildman–Crippen LogP) is 1.10. The summed E-state index contributed by atoms with van der Waals surface area (Å²) in [6, 6.07) is 2.15. The Morgan fingerprint density at radius 3 is 2.88 bits per heavy atom. The Morgan fingerprint density at radius 2 is 2.24 bits per heavy atom. The number of rotatable bonds is 2. The molecule has 0 bridgehead atoms. The van der Waals surface area contributed by atoms with Gasteiger partial charge in [0, 0.05) is 6.54 Å². The van der Waals surface area contributed by atoms with Gasteiger partial charge in [0.15, 0.2) is 0 Å². The van der Waals surface area contributed by atoms with Crippen LogP contribution in [0.15, 0.2) is 0 Å². The number of ether oxygens (including phenoxy) is 1. The van der Waals surface area contributed by atoms with Gasteiger partial charge in [-0.3, -0.25) is 0 Å². The number of nitrogens with zero attached hydrogens (tertiary/aromatic N) is 3. The van der Waals surface area contributed by atoms with Crippen molar-refractivity contribution in [2.75, 3.05) is 13.1 Å². The number of hydrogen-bond acceptors (Lipinski definition) is 5. The maximum atomic E-state index is 9.14. The molecule has 1 N–H and O–H groups in total. The van der Waals surface area contributed by atoms with Crippen molar-refractivity contribution in [1.82, 2.24) is 15.5 Å². The topological polar surface area (TPSA) is 70.8 Å². The van der Waals surface area contributed by atoms with E-state index in [1.54, 1.807) is 0 Å². The monoisotopic (exact) mass is 232 g/mol. The molecular formula is C12H16N4O. The summed E-state index contributed by atoms with van der Waals surface area (Å²) in [5.41, 5.74) is 2.13. The molecule has 1 aromatic heterocycles. The average Bonchev–Trinajstić information content (AvgIpc) is 2.36. The standard InChI is InChI=1S/C12H16N4O/c1-8-9(2)15-16-12(11(8)6-13)17-10-4-3-5-14-7-10/h10,14H,3-5,7H2,1-2H3. The number of piperidine rings is 1. The number of aromatic nitrogens is 2. The second kappa shape index (κ2) is 5.11. The van der Waals surface area contributed by atoms with Crippen molar-refractivity contribution in [2.24, 2.45) is 0 Å². The summed E-state index contributed by atoms with van der Waals surface area (Å²) in [7, 11) is 0. The fourth-order valence-electron chi connectivity index (χ4n) is 1.88. The molecule has 0 aromatic carbocycles. The van der Waals surface area contributed by atoms with E-state index in [1.807, 2.05) is 13.8 Å². The highest BCUT2D eigenvalue weighted by atomic mass is 16.5. The van der Waals surface area contributed by atoms with Gasteiger partial charge in [-0.05, 0) is 38.8 Å². The first-order valence-corrected chi connectivity index (χ1v) is 5.83. The van der Waals surface area contributed by atoms with Gasteiger partial charge in [0.2, 0.25) is 0 Å². The van der Waals surface area contributed by atoms with Gasteiger partial charge in [-0.1, -0.05) is 0 Å². The molecule has 5 heteroatoms. The molecule has 1 saturated heterocycles. The number of hydrogen-bond donors (Lipinski definition) is 1. The fraction of sp³-hybridized carbons (Fsp3) is 0.583. The van der Waals surface area contributed by atoms with Gasteiger partial charge in [0.25, 0.3) is 5.88 Å². The molecule has 1 aliphatic rings. The maximum Gasteiger partial charge on any atom is 0.252 e. The Hall–Kier alpha value is -1.67. The first-order chi connectivity index (χ1) is 8.22. The van der Waals surface area contributed by atoms with E-state index in [-0.39, 0.29) is 6.10 Å². The minimum absolute atomic E-state index is 0.0901. The van der Waals surface area contributed by atoms with Crippen molar-refractivity contribution >= 4 is 0 Å². The van der Waals surface area contributed by atoms with Crippen LogP contribution in [0.3, 0.4) is 0 Å². The largest absolute Gasteiger partial charge is 0.471 e. The molecule has 0 radical (unpaired) electrons. The maximum absolute atomic E-state index is 9.14. The number of aryl methyl sites for hydroxylation is 1. The van der Waals surface area contributed by atoms with Crippen LogP contribution in [0, 0.1) is 25.2 Å². The summed E-state index contributed by atoms with van der Waals surface area (Å²) in [5.74, 6) is 0.365. The van der Waals surface area contributed by atoms with Gasteiger partial charge >= 0.3 is 0 Å². The molecule has 0 saturated carbocycles. The Labute approximate surface area is 101 Å². The molecule has 2 rings (SSSR count). The third-order valence-corrected chi connectivity index (χ3v) is 3.06. The van der Waals surface area contributed by atoms with Crippen LogP contribution in [0.4, 0.5) is 0 Å². The molecule has 5 nitrogen and oxygen atoms in total. The van der Waals surface area contributed by atoms with Gasteiger partial charge in [0.05, 0.1) is 5.69 Å². The first-order valence-electron chi connectivity index (χ1n) is 5.83. The first kappa shape index (κ1) is 11.8. The lowest BCUT2D eigenvalue weighted by Gasteiger charge is -2.23. The highest BCUT2D eigenvalue weighted by molar-refractivity contribution is 5.44. The Morgan fingerprint density at radius 1 is 1.41 bits per heavy atom. The molecular weight excluding hydrogens is 216 g/mol. The summed E-state index contributed by atoms with van der Waals surface area (Å²) in [4.78, 5) is 0. The quantitative estimate of drug-likeness (QED) is 0.826. The predicted molar refractivity (Wildman–Crippen MR) is 62.7 cm³/mol. The van der Waals surface area contributed by atoms with E-state index < -0.39 is 0 Å². The Balaban J connectivity index is 2.20. The van der Waals surface area contributed by atoms with Crippen LogP contribution in [0.25, 0.3) is 0 Å². The highest BCUT2D eigenvalue weighted by Gasteiger charge is 2.19. The van der Waals surface area contributed by atoms with Crippen molar-refractivity contribution in [3.63, 3.8) is 0 Å². The zero-order chi connectivity index (χ0) is 12.3. The fourth-order valence-corrected chi connectivity index (χ4v) is 1.88. The third-order valence-electron chi connectivity index (χ3n) is 3.06. The van der Waals surface area contributed by atoms with E-state index in [9.17, 15) is 0 Å². The van der Waals surface area contributed by atoms with Crippen molar-refractivity contribution in [3.8, 4) is 11.9 Å². The highest BCUT2D eigenvalue weighted by Crippen LogP contribution is 2.21. The van der Waals surface area contributed by atoms with Crippen LogP contribution in [0.5, 0.6) is 5.88 Å². The number of nitriles is 1. The van der Waals surface area contributed by atoms with Gasteiger partial charge < -0.3 is 10.1 Å². The van der Waals surface area contributed by atoms with Crippen LogP contribution in [0.2, 0.25) is 0 Å². The van der Waals surface area contributed by atoms with Crippen molar-refractivity contribution in [3.05, 3.63) is 16.8 Å². The van der Waals surface area contributed by atoms with Crippen LogP contribution in [0.1, 0.15) is 29.7 Å². The van der Waals surface area contributed by atoms with Crippen LogP contribution >= 0.6 is 0 Å². The molecule has 0 aliphatic carbocycles. The summed E-state index contributed by atoms with van der Waals surface area (Å²) in [6.07, 6.45) is 2.17. The molecule has 1 aliphatic heterocycles. The van der Waals surface area contributed by atoms with E-state index in [2.05, 4.69) is 21.6 Å². The Bertz CT molecular complexity index is 447. The van der Waals surface area contributed by atoms with Gasteiger partial charge in [-0.2, -0.15) is 10.4 Å². The molecule has 0 spiro atoms. The zero-order valence-electron chi connectivity index (χ0n) is 10.2. The van der Waals surface area contributed by atoms with Crippen molar-refractivity contribution in [2.45, 2.75) is 32.8 Å². The Kier molecular flexibility index (Phi) is 3.55. The van der Waals surface area contributed by atoms with Crippen LogP contribution in [-0.4, -0.2) is 29.4 Å². The van der Waals surface area contributed by atoms with Crippen molar-refractivity contribution < 1.29 is 4.74 Å². The lowest BCUT2D eigenvalue weighted by molar-refractivity contribution is 0.158. The summed E-state index contributed by atoms with van der Waals surface area (Å²) in [6.45, 7) is 5.55. The normalized spacial score (nSPS) is 19.7. The van der Waals surface area contributed by atoms with Crippen LogP contribution < -0.4 is 10.1 Å². The SMILES string of the molecule is Cc1nnc(OC2CCCNC2)c(C#N)c1C. The zero-order valence-corrected chi connectivity index (χ0v) is 10.2. The molecule has 1 aromatic rings. The lowest BCUT2D eigenvalue weighted by atomic mass is 10.1. The molecule has 2 heterocycles. The minimum Gasteiger partial charge on any atom is -0.471 e. The van der Waals surface area contributed by atoms with E-state index in [0.29, 0.717) is 11.4 Å². The minimum atomic E-state index is 0.0901. The molecule has 1 fully saturated rings.